The monoisotopic (exact) mass is 370 g/mol. The van der Waals surface area contributed by atoms with Gasteiger partial charge in [0.1, 0.15) is 10.5 Å². The summed E-state index contributed by atoms with van der Waals surface area (Å²) in [5.41, 5.74) is -1.45. The Balaban J connectivity index is 0.000000621. The van der Waals surface area contributed by atoms with Crippen molar-refractivity contribution in [2.24, 2.45) is 0 Å². The highest BCUT2D eigenvalue weighted by molar-refractivity contribution is 9.10. The Morgan fingerprint density at radius 2 is 1.70 bits per heavy atom. The summed E-state index contributed by atoms with van der Waals surface area (Å²) in [7, 11) is -4.92. The van der Waals surface area contributed by atoms with Crippen LogP contribution >= 0.6 is 15.9 Å². The molecular weight excluding hydrogens is 368 g/mol. The zero-order chi connectivity index (χ0) is 16.1. The first-order valence-electron chi connectivity index (χ1n) is 4.13. The Bertz CT molecular complexity index is 688. The lowest BCUT2D eigenvalue weighted by Crippen LogP contribution is -1.93. The fourth-order valence-electron chi connectivity index (χ4n) is 0.914. The predicted molar refractivity (Wildman–Crippen MR) is 64.5 cm³/mol. The largest absolute Gasteiger partial charge is 0.726 e. The van der Waals surface area contributed by atoms with Crippen molar-refractivity contribution >= 4 is 43.4 Å². The van der Waals surface area contributed by atoms with Gasteiger partial charge in [0.25, 0.3) is 5.69 Å². The molecule has 0 heterocycles. The molecule has 0 aliphatic heterocycles. The van der Waals surface area contributed by atoms with Gasteiger partial charge in [-0.25, -0.2) is 8.42 Å². The van der Waals surface area contributed by atoms with E-state index in [2.05, 4.69) is 20.9 Å². The van der Waals surface area contributed by atoms with Crippen LogP contribution in [0.5, 0.6) is 0 Å². The quantitative estimate of drug-likeness (QED) is 0.265. The van der Waals surface area contributed by atoms with Crippen LogP contribution in [0.4, 0.5) is 17.1 Å². The molecule has 1 rings (SSSR count). The molecule has 0 atom stereocenters. The first-order chi connectivity index (χ1) is 8.97. The first kappa shape index (κ1) is 17.8. The molecule has 0 aromatic heterocycles. The molecule has 0 unspecified atom stereocenters. The minimum absolute atomic E-state index is 0.0223. The zero-order valence-electron chi connectivity index (χ0n) is 9.03. The summed E-state index contributed by atoms with van der Waals surface area (Å²) >= 11 is 2.83. The van der Waals surface area contributed by atoms with E-state index in [4.69, 9.17) is 22.9 Å². The molecule has 14 heteroatoms. The van der Waals surface area contributed by atoms with Crippen LogP contribution in [0, 0.1) is 25.6 Å². The number of nitrogens with zero attached hydrogens (tertiary/aromatic N) is 4. The van der Waals surface area contributed by atoms with Gasteiger partial charge in [-0.3, -0.25) is 24.8 Å². The van der Waals surface area contributed by atoms with Crippen molar-refractivity contribution in [2.75, 3.05) is 0 Å². The molecule has 108 valence electrons. The summed E-state index contributed by atoms with van der Waals surface area (Å²) in [5, 5.41) is 29.4. The molecular formula is C6H3BrN4O8S. The highest BCUT2D eigenvalue weighted by Crippen LogP contribution is 2.38. The van der Waals surface area contributed by atoms with Gasteiger partial charge >= 0.3 is 11.4 Å². The number of rotatable bonds is 2. The number of non-ortho nitro benzene ring substituents is 1. The van der Waals surface area contributed by atoms with Crippen molar-refractivity contribution in [3.63, 3.8) is 0 Å². The molecule has 20 heavy (non-hydrogen) atoms. The minimum Gasteiger partial charge on any atom is -0.726 e. The summed E-state index contributed by atoms with van der Waals surface area (Å²) < 4.78 is 32.8. The molecule has 1 aromatic rings. The van der Waals surface area contributed by atoms with E-state index in [0.717, 1.165) is 12.1 Å². The van der Waals surface area contributed by atoms with Crippen molar-refractivity contribution in [1.82, 2.24) is 0 Å². The van der Waals surface area contributed by atoms with Crippen LogP contribution in [-0.2, 0) is 10.4 Å². The van der Waals surface area contributed by atoms with Crippen molar-refractivity contribution in [1.29, 1.82) is 5.39 Å². The van der Waals surface area contributed by atoms with Crippen LogP contribution in [0.15, 0.2) is 16.6 Å². The van der Waals surface area contributed by atoms with Crippen LogP contribution in [0.1, 0.15) is 0 Å². The van der Waals surface area contributed by atoms with Crippen molar-refractivity contribution < 1.29 is 27.4 Å². The lowest BCUT2D eigenvalue weighted by atomic mass is 10.2. The number of hydrogen-bond acceptors (Lipinski definition) is 8. The second kappa shape index (κ2) is 6.81. The van der Waals surface area contributed by atoms with E-state index >= 15 is 0 Å². The molecule has 0 spiro atoms. The molecule has 0 fully saturated rings. The fraction of sp³-hybridized carbons (Fsp3) is 0. The maximum atomic E-state index is 10.5. The van der Waals surface area contributed by atoms with E-state index in [1.165, 1.54) is 0 Å². The number of nitro groups is 2. The topological polar surface area (TPSA) is 192 Å². The van der Waals surface area contributed by atoms with Crippen molar-refractivity contribution in [3.05, 3.63) is 41.8 Å². The summed E-state index contributed by atoms with van der Waals surface area (Å²) in [6.45, 7) is 0. The van der Waals surface area contributed by atoms with Gasteiger partial charge in [0, 0.05) is 6.07 Å². The smallest absolute Gasteiger partial charge is 0.475 e. The number of halogens is 1. The van der Waals surface area contributed by atoms with E-state index in [9.17, 15) is 20.2 Å². The molecule has 1 N–H and O–H groups in total. The number of diazo groups is 1. The van der Waals surface area contributed by atoms with Gasteiger partial charge in [-0.15, -0.1) is 0 Å². The van der Waals surface area contributed by atoms with E-state index in [1.54, 1.807) is 0 Å². The van der Waals surface area contributed by atoms with E-state index in [1.807, 2.05) is 0 Å². The lowest BCUT2D eigenvalue weighted by Gasteiger charge is -1.91. The molecule has 0 saturated carbocycles. The van der Waals surface area contributed by atoms with Crippen LogP contribution in [0.3, 0.4) is 0 Å². The molecule has 0 saturated heterocycles. The Morgan fingerprint density at radius 3 is 2.00 bits per heavy atom. The highest BCUT2D eigenvalue weighted by Gasteiger charge is 2.32. The molecule has 0 aliphatic rings. The maximum absolute atomic E-state index is 10.5. The SMILES string of the molecule is N#[N+]c1c(Br)cc([N+](=O)[O-])cc1[N+](=O)[O-].O=S(=O)([O-])O. The second-order valence-corrected chi connectivity index (χ2v) is 4.55. The number of nitro benzene ring substituents is 2. The van der Waals surface area contributed by atoms with E-state index in [0.29, 0.717) is 0 Å². The van der Waals surface area contributed by atoms with Crippen LogP contribution in [0.25, 0.3) is 4.98 Å². The summed E-state index contributed by atoms with van der Waals surface area (Å²) in [5.74, 6) is 0. The van der Waals surface area contributed by atoms with Gasteiger partial charge in [-0.2, -0.15) is 0 Å². The number of hydrogen-bond donors (Lipinski definition) is 1. The van der Waals surface area contributed by atoms with Gasteiger partial charge in [0.05, 0.1) is 9.85 Å². The second-order valence-electron chi connectivity index (χ2n) is 2.84. The summed E-state index contributed by atoms with van der Waals surface area (Å²) in [6.07, 6.45) is 0. The molecule has 1 aromatic carbocycles. The van der Waals surface area contributed by atoms with Gasteiger partial charge < -0.3 is 4.55 Å². The summed E-state index contributed by atoms with van der Waals surface area (Å²) in [6, 6.07) is 1.74. The summed E-state index contributed by atoms with van der Waals surface area (Å²) in [4.78, 5) is 21.9. The zero-order valence-corrected chi connectivity index (χ0v) is 11.4. The molecule has 0 amide bonds. The van der Waals surface area contributed by atoms with Crippen LogP contribution in [-0.4, -0.2) is 27.4 Å². The Hall–Kier alpha value is -2.21. The van der Waals surface area contributed by atoms with Gasteiger partial charge in [-0.05, 0) is 15.9 Å². The van der Waals surface area contributed by atoms with Gasteiger partial charge in [0.2, 0.25) is 15.8 Å². The van der Waals surface area contributed by atoms with E-state index < -0.39 is 31.6 Å². The van der Waals surface area contributed by atoms with Crippen molar-refractivity contribution in [2.45, 2.75) is 0 Å². The molecule has 0 radical (unpaired) electrons. The Labute approximate surface area is 118 Å². The van der Waals surface area contributed by atoms with Crippen LogP contribution in [0.2, 0.25) is 0 Å². The van der Waals surface area contributed by atoms with Gasteiger partial charge in [-0.1, -0.05) is 0 Å². The maximum Gasteiger partial charge on any atom is 0.475 e. The fourth-order valence-corrected chi connectivity index (χ4v) is 1.43. The lowest BCUT2D eigenvalue weighted by molar-refractivity contribution is -0.393. The highest BCUT2D eigenvalue weighted by atomic mass is 79.9. The van der Waals surface area contributed by atoms with E-state index in [-0.39, 0.29) is 10.2 Å². The third-order valence-electron chi connectivity index (χ3n) is 1.54. The molecule has 0 aliphatic carbocycles. The molecule has 12 nitrogen and oxygen atoms in total. The van der Waals surface area contributed by atoms with Gasteiger partial charge in [0.15, 0.2) is 4.98 Å². The Kier molecular flexibility index (Phi) is 6.06. The minimum atomic E-state index is -4.92. The van der Waals surface area contributed by atoms with Crippen molar-refractivity contribution in [3.8, 4) is 0 Å². The normalized spacial score (nSPS) is 9.90. The third kappa shape index (κ3) is 6.10. The predicted octanol–water partition coefficient (Wildman–Crippen LogP) is 1.75. The third-order valence-corrected chi connectivity index (χ3v) is 2.14. The number of benzene rings is 1. The average Bonchev–Trinajstić information content (AvgIpc) is 2.25. The van der Waals surface area contributed by atoms with Crippen LogP contribution < -0.4 is 0 Å². The first-order valence-corrected chi connectivity index (χ1v) is 6.29. The molecule has 0 bridgehead atoms. The average molecular weight is 371 g/mol. The standard InChI is InChI=1S/C6H2BrN4O4.H2O4S/c7-4-1-3(10(12)13)2-5(11(14)15)6(4)9-8;1-5(2,3)4/h1-2H;(H2,1,2,3,4)/q+1;/p-1. The Morgan fingerprint density at radius 1 is 1.25 bits per heavy atom.